The van der Waals surface area contributed by atoms with Crippen molar-refractivity contribution in [3.05, 3.63) is 24.3 Å². The first-order valence-electron chi connectivity index (χ1n) is 3.52. The Morgan fingerprint density at radius 2 is 1.83 bits per heavy atom. The van der Waals surface area contributed by atoms with E-state index in [-0.39, 0.29) is 12.4 Å². The summed E-state index contributed by atoms with van der Waals surface area (Å²) in [6.07, 6.45) is 0. The molecular formula is C8H10O2S2. The Balaban J connectivity index is 2.37. The SMILES string of the molecule is OCCSSc1ccc(O)cc1. The lowest BCUT2D eigenvalue weighted by Gasteiger charge is -1.98. The Bertz CT molecular complexity index is 223. The zero-order chi connectivity index (χ0) is 8.81. The fourth-order valence-electron chi connectivity index (χ4n) is 0.649. The van der Waals surface area contributed by atoms with Crippen molar-refractivity contribution in [2.24, 2.45) is 0 Å². The van der Waals surface area contributed by atoms with Crippen molar-refractivity contribution < 1.29 is 10.2 Å². The van der Waals surface area contributed by atoms with E-state index in [9.17, 15) is 0 Å². The number of rotatable bonds is 4. The van der Waals surface area contributed by atoms with Crippen LogP contribution in [0.1, 0.15) is 0 Å². The summed E-state index contributed by atoms with van der Waals surface area (Å²) < 4.78 is 0. The van der Waals surface area contributed by atoms with Gasteiger partial charge in [-0.1, -0.05) is 21.6 Å². The van der Waals surface area contributed by atoms with E-state index in [4.69, 9.17) is 10.2 Å². The van der Waals surface area contributed by atoms with Crippen molar-refractivity contribution in [1.82, 2.24) is 0 Å². The van der Waals surface area contributed by atoms with Gasteiger partial charge in [0.2, 0.25) is 0 Å². The van der Waals surface area contributed by atoms with E-state index in [2.05, 4.69) is 0 Å². The summed E-state index contributed by atoms with van der Waals surface area (Å²) in [4.78, 5) is 1.09. The predicted molar refractivity (Wildman–Crippen MR) is 53.5 cm³/mol. The van der Waals surface area contributed by atoms with E-state index in [1.807, 2.05) is 12.1 Å². The quantitative estimate of drug-likeness (QED) is 0.579. The molecule has 1 aromatic rings. The van der Waals surface area contributed by atoms with E-state index in [1.54, 1.807) is 33.7 Å². The van der Waals surface area contributed by atoms with Gasteiger partial charge in [-0.2, -0.15) is 0 Å². The van der Waals surface area contributed by atoms with Gasteiger partial charge in [0, 0.05) is 10.6 Å². The molecule has 4 heteroatoms. The van der Waals surface area contributed by atoms with Gasteiger partial charge in [0.05, 0.1) is 6.61 Å². The third kappa shape index (κ3) is 3.38. The second kappa shape index (κ2) is 5.35. The molecule has 0 aliphatic heterocycles. The molecule has 0 unspecified atom stereocenters. The monoisotopic (exact) mass is 202 g/mol. The molecule has 12 heavy (non-hydrogen) atoms. The minimum absolute atomic E-state index is 0.204. The highest BCUT2D eigenvalue weighted by atomic mass is 33.1. The number of aromatic hydroxyl groups is 1. The molecule has 1 aromatic carbocycles. The average molecular weight is 202 g/mol. The molecule has 0 atom stereocenters. The van der Waals surface area contributed by atoms with Crippen molar-refractivity contribution in [1.29, 1.82) is 0 Å². The third-order valence-electron chi connectivity index (χ3n) is 1.17. The Hall–Kier alpha value is -0.320. The summed E-state index contributed by atoms with van der Waals surface area (Å²) in [5.74, 6) is 1.01. The second-order valence-electron chi connectivity index (χ2n) is 2.12. The first kappa shape index (κ1) is 9.77. The van der Waals surface area contributed by atoms with Crippen LogP contribution in [-0.2, 0) is 0 Å². The van der Waals surface area contributed by atoms with Crippen molar-refractivity contribution in [3.8, 4) is 5.75 Å². The molecule has 0 amide bonds. The summed E-state index contributed by atoms with van der Waals surface area (Å²) in [7, 11) is 3.20. The zero-order valence-electron chi connectivity index (χ0n) is 6.43. The van der Waals surface area contributed by atoms with Crippen LogP contribution in [-0.4, -0.2) is 22.6 Å². The van der Waals surface area contributed by atoms with Crippen molar-refractivity contribution in [2.75, 3.05) is 12.4 Å². The van der Waals surface area contributed by atoms with Crippen LogP contribution in [0.15, 0.2) is 29.2 Å². The molecule has 0 heterocycles. The highest BCUT2D eigenvalue weighted by molar-refractivity contribution is 8.76. The molecule has 0 bridgehead atoms. The summed E-state index contributed by atoms with van der Waals surface area (Å²) in [5, 5.41) is 17.5. The van der Waals surface area contributed by atoms with Crippen LogP contribution < -0.4 is 0 Å². The molecule has 2 N–H and O–H groups in total. The lowest BCUT2D eigenvalue weighted by atomic mass is 10.3. The Morgan fingerprint density at radius 1 is 1.17 bits per heavy atom. The van der Waals surface area contributed by atoms with Crippen LogP contribution in [0.25, 0.3) is 0 Å². The standard InChI is InChI=1S/C8H10O2S2/c9-5-6-11-12-8-3-1-7(10)2-4-8/h1-4,9-10H,5-6H2. The molecule has 66 valence electrons. The van der Waals surface area contributed by atoms with Crippen LogP contribution >= 0.6 is 21.6 Å². The van der Waals surface area contributed by atoms with Crippen molar-refractivity contribution in [3.63, 3.8) is 0 Å². The van der Waals surface area contributed by atoms with Crippen LogP contribution in [0.4, 0.5) is 0 Å². The maximum atomic E-state index is 8.97. The number of aliphatic hydroxyl groups excluding tert-OH is 1. The van der Waals surface area contributed by atoms with E-state index >= 15 is 0 Å². The number of benzene rings is 1. The molecule has 0 aliphatic carbocycles. The molecule has 1 rings (SSSR count). The predicted octanol–water partition coefficient (Wildman–Crippen LogP) is 2.12. The number of aliphatic hydroxyl groups is 1. The summed E-state index contributed by atoms with van der Waals surface area (Å²) >= 11 is 0. The number of hydrogen-bond donors (Lipinski definition) is 2. The molecule has 0 radical (unpaired) electrons. The molecule has 2 nitrogen and oxygen atoms in total. The second-order valence-corrected chi connectivity index (χ2v) is 4.61. The van der Waals surface area contributed by atoms with Crippen LogP contribution in [0.2, 0.25) is 0 Å². The van der Waals surface area contributed by atoms with Gasteiger partial charge in [0.15, 0.2) is 0 Å². The molecule has 0 saturated carbocycles. The Labute approximate surface area is 79.4 Å². The van der Waals surface area contributed by atoms with Crippen LogP contribution in [0.3, 0.4) is 0 Å². The maximum absolute atomic E-state index is 8.97. The number of phenols is 1. The Morgan fingerprint density at radius 3 is 2.42 bits per heavy atom. The van der Waals surface area contributed by atoms with Gasteiger partial charge in [-0.05, 0) is 24.3 Å². The molecule has 0 aromatic heterocycles. The zero-order valence-corrected chi connectivity index (χ0v) is 8.07. The van der Waals surface area contributed by atoms with Gasteiger partial charge in [0.1, 0.15) is 5.75 Å². The van der Waals surface area contributed by atoms with Gasteiger partial charge in [-0.3, -0.25) is 0 Å². The molecule has 0 spiro atoms. The third-order valence-corrected chi connectivity index (χ3v) is 3.53. The van der Waals surface area contributed by atoms with Gasteiger partial charge >= 0.3 is 0 Å². The highest BCUT2D eigenvalue weighted by Crippen LogP contribution is 2.31. The molecule has 0 fully saturated rings. The first-order chi connectivity index (χ1) is 5.83. The normalized spacial score (nSPS) is 10.1. The number of phenolic OH excluding ortho intramolecular Hbond substituents is 1. The van der Waals surface area contributed by atoms with E-state index in [0.717, 1.165) is 10.6 Å². The van der Waals surface area contributed by atoms with Crippen molar-refractivity contribution in [2.45, 2.75) is 4.90 Å². The summed E-state index contributed by atoms with van der Waals surface area (Å²) in [5.41, 5.74) is 0. The molecular weight excluding hydrogens is 192 g/mol. The van der Waals surface area contributed by atoms with Crippen molar-refractivity contribution >= 4 is 21.6 Å². The molecule has 0 aliphatic rings. The van der Waals surface area contributed by atoms with Crippen LogP contribution in [0, 0.1) is 0 Å². The smallest absolute Gasteiger partial charge is 0.115 e. The summed E-state index contributed by atoms with van der Waals surface area (Å²) in [6, 6.07) is 7.01. The fourth-order valence-corrected chi connectivity index (χ4v) is 2.41. The van der Waals surface area contributed by atoms with E-state index in [1.165, 1.54) is 0 Å². The largest absolute Gasteiger partial charge is 0.508 e. The van der Waals surface area contributed by atoms with Crippen LogP contribution in [0.5, 0.6) is 5.75 Å². The van der Waals surface area contributed by atoms with Gasteiger partial charge in [-0.25, -0.2) is 0 Å². The number of hydrogen-bond acceptors (Lipinski definition) is 4. The average Bonchev–Trinajstić information content (AvgIpc) is 2.09. The Kier molecular flexibility index (Phi) is 4.35. The minimum atomic E-state index is 0.204. The lowest BCUT2D eigenvalue weighted by molar-refractivity contribution is 0.323. The van der Waals surface area contributed by atoms with E-state index in [0.29, 0.717) is 0 Å². The summed E-state index contributed by atoms with van der Waals surface area (Å²) in [6.45, 7) is 0.204. The molecule has 0 saturated heterocycles. The van der Waals surface area contributed by atoms with Gasteiger partial charge in [0.25, 0.3) is 0 Å². The first-order valence-corrected chi connectivity index (χ1v) is 5.84. The van der Waals surface area contributed by atoms with E-state index < -0.39 is 0 Å². The van der Waals surface area contributed by atoms with Gasteiger partial charge < -0.3 is 10.2 Å². The maximum Gasteiger partial charge on any atom is 0.115 e. The van der Waals surface area contributed by atoms with Gasteiger partial charge in [-0.15, -0.1) is 0 Å². The minimum Gasteiger partial charge on any atom is -0.508 e. The highest BCUT2D eigenvalue weighted by Gasteiger charge is 1.93. The lowest BCUT2D eigenvalue weighted by Crippen LogP contribution is -1.81. The topological polar surface area (TPSA) is 40.5 Å². The fraction of sp³-hybridized carbons (Fsp3) is 0.250.